The Labute approximate surface area is 117 Å². The maximum atomic E-state index is 13.9. The molecule has 1 atom stereocenters. The first-order valence-corrected chi connectivity index (χ1v) is 7.73. The van der Waals surface area contributed by atoms with Crippen LogP contribution in [0, 0.1) is 11.7 Å². The van der Waals surface area contributed by atoms with Crippen molar-refractivity contribution in [2.75, 3.05) is 11.9 Å². The van der Waals surface area contributed by atoms with E-state index in [2.05, 4.69) is 15.9 Å². The molecule has 0 saturated heterocycles. The number of ether oxygens (including phenoxy) is 1. The molecule has 0 heterocycles. The largest absolute Gasteiger partial charge is 0.369 e. The first kappa shape index (κ1) is 14.0. The Hall–Kier alpha value is -0.410. The van der Waals surface area contributed by atoms with E-state index in [0.29, 0.717) is 16.8 Å². The van der Waals surface area contributed by atoms with Gasteiger partial charge in [-0.05, 0) is 31.7 Å². The summed E-state index contributed by atoms with van der Waals surface area (Å²) in [5.74, 6) is 0.459. The Morgan fingerprint density at radius 1 is 1.33 bits per heavy atom. The van der Waals surface area contributed by atoms with Crippen molar-refractivity contribution < 1.29 is 9.13 Å². The van der Waals surface area contributed by atoms with Crippen molar-refractivity contribution in [3.05, 3.63) is 35.6 Å². The van der Waals surface area contributed by atoms with E-state index >= 15 is 0 Å². The standard InChI is InChI=1S/C15H20BrFO/c1-15(11-16,13-8-4-5-9-14(13)17)18-10-12-6-2-3-7-12/h4-5,8-9,12H,2-3,6-7,10-11H2,1H3. The molecule has 1 fully saturated rings. The molecule has 0 amide bonds. The predicted octanol–water partition coefficient (Wildman–Crippen LogP) is 4.64. The van der Waals surface area contributed by atoms with Crippen LogP contribution in [0.25, 0.3) is 0 Å². The number of hydrogen-bond donors (Lipinski definition) is 0. The molecule has 2 rings (SSSR count). The van der Waals surface area contributed by atoms with E-state index in [0.717, 1.165) is 6.61 Å². The smallest absolute Gasteiger partial charge is 0.129 e. The fourth-order valence-corrected chi connectivity index (χ4v) is 3.02. The SMILES string of the molecule is CC(CBr)(OCC1CCCC1)c1ccccc1F. The number of benzene rings is 1. The lowest BCUT2D eigenvalue weighted by Crippen LogP contribution is -2.31. The molecular formula is C15H20BrFO. The Bertz CT molecular complexity index is 390. The van der Waals surface area contributed by atoms with Gasteiger partial charge in [0.05, 0.1) is 6.61 Å². The summed E-state index contributed by atoms with van der Waals surface area (Å²) in [7, 11) is 0. The molecule has 18 heavy (non-hydrogen) atoms. The van der Waals surface area contributed by atoms with E-state index in [9.17, 15) is 4.39 Å². The predicted molar refractivity (Wildman–Crippen MR) is 75.5 cm³/mol. The molecule has 3 heteroatoms. The third-order valence-electron chi connectivity index (χ3n) is 3.81. The van der Waals surface area contributed by atoms with Crippen molar-refractivity contribution in [1.82, 2.24) is 0 Å². The third-order valence-corrected chi connectivity index (χ3v) is 4.88. The van der Waals surface area contributed by atoms with E-state index in [1.807, 2.05) is 19.1 Å². The molecule has 0 spiro atoms. The van der Waals surface area contributed by atoms with Gasteiger partial charge in [-0.25, -0.2) is 4.39 Å². The molecule has 0 aliphatic heterocycles. The van der Waals surface area contributed by atoms with Crippen LogP contribution in [0.5, 0.6) is 0 Å². The molecule has 1 saturated carbocycles. The second kappa shape index (κ2) is 6.16. The van der Waals surface area contributed by atoms with Gasteiger partial charge in [-0.15, -0.1) is 0 Å². The van der Waals surface area contributed by atoms with Crippen LogP contribution in [0.2, 0.25) is 0 Å². The van der Waals surface area contributed by atoms with Crippen LogP contribution in [-0.2, 0) is 10.3 Å². The summed E-state index contributed by atoms with van der Waals surface area (Å²) in [6, 6.07) is 6.88. The maximum absolute atomic E-state index is 13.9. The summed E-state index contributed by atoms with van der Waals surface area (Å²) in [5, 5.41) is 0.605. The summed E-state index contributed by atoms with van der Waals surface area (Å²) in [6.07, 6.45) is 5.10. The third kappa shape index (κ3) is 3.12. The second-order valence-corrected chi connectivity index (χ2v) is 5.87. The van der Waals surface area contributed by atoms with Crippen LogP contribution in [0.1, 0.15) is 38.2 Å². The zero-order chi connectivity index (χ0) is 13.0. The first-order chi connectivity index (χ1) is 8.65. The summed E-state index contributed by atoms with van der Waals surface area (Å²) in [6.45, 7) is 2.69. The van der Waals surface area contributed by atoms with Crippen LogP contribution >= 0.6 is 15.9 Å². The molecule has 100 valence electrons. The van der Waals surface area contributed by atoms with Gasteiger partial charge < -0.3 is 4.74 Å². The summed E-state index contributed by atoms with van der Waals surface area (Å²) in [5.41, 5.74) is 0.0633. The first-order valence-electron chi connectivity index (χ1n) is 6.60. The topological polar surface area (TPSA) is 9.23 Å². The molecule has 0 aromatic heterocycles. The Morgan fingerprint density at radius 2 is 2.00 bits per heavy atom. The Kier molecular flexibility index (Phi) is 4.79. The van der Waals surface area contributed by atoms with Gasteiger partial charge in [0.1, 0.15) is 11.4 Å². The van der Waals surface area contributed by atoms with E-state index in [-0.39, 0.29) is 5.82 Å². The van der Waals surface area contributed by atoms with Crippen LogP contribution in [0.3, 0.4) is 0 Å². The Morgan fingerprint density at radius 3 is 2.61 bits per heavy atom. The molecule has 1 aliphatic carbocycles. The maximum Gasteiger partial charge on any atom is 0.129 e. The van der Waals surface area contributed by atoms with Crippen molar-refractivity contribution in [2.24, 2.45) is 5.92 Å². The van der Waals surface area contributed by atoms with Gasteiger partial charge in [0.2, 0.25) is 0 Å². The molecule has 0 N–H and O–H groups in total. The highest BCUT2D eigenvalue weighted by Gasteiger charge is 2.30. The fraction of sp³-hybridized carbons (Fsp3) is 0.600. The average Bonchev–Trinajstić information content (AvgIpc) is 2.90. The number of rotatable bonds is 5. The quantitative estimate of drug-likeness (QED) is 0.719. The summed E-state index contributed by atoms with van der Waals surface area (Å²) >= 11 is 3.46. The summed E-state index contributed by atoms with van der Waals surface area (Å²) < 4.78 is 19.9. The highest BCUT2D eigenvalue weighted by Crippen LogP contribution is 2.32. The van der Waals surface area contributed by atoms with Crippen molar-refractivity contribution in [3.8, 4) is 0 Å². The van der Waals surface area contributed by atoms with E-state index in [1.165, 1.54) is 31.7 Å². The van der Waals surface area contributed by atoms with Gasteiger partial charge in [0.25, 0.3) is 0 Å². The normalized spacial score (nSPS) is 19.9. The minimum Gasteiger partial charge on any atom is -0.369 e. The molecule has 1 nitrogen and oxygen atoms in total. The molecule has 1 aromatic rings. The number of alkyl halides is 1. The second-order valence-electron chi connectivity index (χ2n) is 5.31. The minimum absolute atomic E-state index is 0.189. The number of hydrogen-bond acceptors (Lipinski definition) is 1. The highest BCUT2D eigenvalue weighted by molar-refractivity contribution is 9.09. The van der Waals surface area contributed by atoms with Crippen molar-refractivity contribution >= 4 is 15.9 Å². The van der Waals surface area contributed by atoms with Gasteiger partial charge in [0, 0.05) is 10.9 Å². The summed E-state index contributed by atoms with van der Waals surface area (Å²) in [4.78, 5) is 0. The molecular weight excluding hydrogens is 295 g/mol. The van der Waals surface area contributed by atoms with E-state index in [4.69, 9.17) is 4.74 Å². The lowest BCUT2D eigenvalue weighted by molar-refractivity contribution is -0.0363. The van der Waals surface area contributed by atoms with Gasteiger partial charge in [-0.2, -0.15) is 0 Å². The van der Waals surface area contributed by atoms with Gasteiger partial charge >= 0.3 is 0 Å². The zero-order valence-corrected chi connectivity index (χ0v) is 12.4. The van der Waals surface area contributed by atoms with E-state index < -0.39 is 5.60 Å². The van der Waals surface area contributed by atoms with Crippen LogP contribution < -0.4 is 0 Å². The van der Waals surface area contributed by atoms with Gasteiger partial charge in [-0.1, -0.05) is 47.0 Å². The van der Waals surface area contributed by atoms with Crippen molar-refractivity contribution in [2.45, 2.75) is 38.2 Å². The monoisotopic (exact) mass is 314 g/mol. The van der Waals surface area contributed by atoms with Crippen LogP contribution in [-0.4, -0.2) is 11.9 Å². The molecule has 1 aromatic carbocycles. The Balaban J connectivity index is 2.07. The van der Waals surface area contributed by atoms with Crippen molar-refractivity contribution in [3.63, 3.8) is 0 Å². The molecule has 0 radical (unpaired) electrons. The molecule has 0 bridgehead atoms. The van der Waals surface area contributed by atoms with Crippen molar-refractivity contribution in [1.29, 1.82) is 0 Å². The van der Waals surface area contributed by atoms with Crippen LogP contribution in [0.15, 0.2) is 24.3 Å². The highest BCUT2D eigenvalue weighted by atomic mass is 79.9. The van der Waals surface area contributed by atoms with Gasteiger partial charge in [0.15, 0.2) is 0 Å². The zero-order valence-electron chi connectivity index (χ0n) is 10.8. The number of halogens is 2. The molecule has 1 unspecified atom stereocenters. The average molecular weight is 315 g/mol. The molecule has 1 aliphatic rings. The lowest BCUT2D eigenvalue weighted by atomic mass is 9.97. The van der Waals surface area contributed by atoms with Gasteiger partial charge in [-0.3, -0.25) is 0 Å². The minimum atomic E-state index is -0.575. The van der Waals surface area contributed by atoms with E-state index in [1.54, 1.807) is 6.07 Å². The van der Waals surface area contributed by atoms with Crippen LogP contribution in [0.4, 0.5) is 4.39 Å². The lowest BCUT2D eigenvalue weighted by Gasteiger charge is -2.30. The fourth-order valence-electron chi connectivity index (χ4n) is 2.56.